The zero-order valence-corrected chi connectivity index (χ0v) is 75.0. The Morgan fingerprint density at radius 2 is 0.356 bits per heavy atom. The van der Waals surface area contributed by atoms with Crippen molar-refractivity contribution in [2.24, 2.45) is 0 Å². The molecule has 0 fully saturated rings. The fourth-order valence-electron chi connectivity index (χ4n) is 17.1. The van der Waals surface area contributed by atoms with Crippen molar-refractivity contribution < 1.29 is 0 Å². The number of para-hydroxylation sites is 3. The van der Waals surface area contributed by atoms with E-state index in [0.717, 1.165) is 131 Å². The van der Waals surface area contributed by atoms with E-state index in [0.29, 0.717) is 52.4 Å². The number of nitrogens with zero attached hydrogens (tertiary/aromatic N) is 12. The lowest BCUT2D eigenvalue weighted by atomic mass is 10.0. The molecule has 26 rings (SSSR count). The van der Waals surface area contributed by atoms with Gasteiger partial charge in [0.1, 0.15) is 15.0 Å². The predicted molar refractivity (Wildman–Crippen MR) is 554 cm³/mol. The number of benzene rings is 17. The number of aromatic nitrogens is 12. The van der Waals surface area contributed by atoms with Crippen molar-refractivity contribution in [2.75, 3.05) is 0 Å². The average Bonchev–Trinajstić information content (AvgIpc) is 1.59. The van der Waals surface area contributed by atoms with Crippen LogP contribution in [-0.4, -0.2) is 59.8 Å². The van der Waals surface area contributed by atoms with Crippen LogP contribution in [0.4, 0.5) is 0 Å². The van der Waals surface area contributed by atoms with Gasteiger partial charge in [-0.1, -0.05) is 352 Å². The fraction of sp³-hybridized carbons (Fsp3) is 0. The third-order valence-corrected chi connectivity index (χ3v) is 30.2. The molecule has 0 spiro atoms. The molecule has 18 heteroatoms. The molecule has 0 unspecified atom stereocenters. The highest BCUT2D eigenvalue weighted by atomic mass is 32.1. The van der Waals surface area contributed by atoms with Crippen LogP contribution in [0, 0.1) is 0 Å². The van der Waals surface area contributed by atoms with Crippen molar-refractivity contribution in [3.8, 4) is 156 Å². The number of thiophene rings is 3. The van der Waals surface area contributed by atoms with Crippen molar-refractivity contribution in [3.63, 3.8) is 0 Å². The van der Waals surface area contributed by atoms with Crippen LogP contribution in [0.1, 0.15) is 0 Å². The molecule has 0 aliphatic rings. The maximum absolute atomic E-state index is 5.15. The van der Waals surface area contributed by atoms with Crippen LogP contribution in [0.15, 0.2) is 413 Å². The van der Waals surface area contributed by atoms with Gasteiger partial charge in [0.15, 0.2) is 52.4 Å². The fourth-order valence-corrected chi connectivity index (χ4v) is 24.0. The molecule has 132 heavy (non-hydrogen) atoms. The first kappa shape index (κ1) is 79.5. The van der Waals surface area contributed by atoms with E-state index in [2.05, 4.69) is 261 Å². The number of hydrogen-bond acceptors (Lipinski definition) is 18. The molecule has 9 aromatic heterocycles. The summed E-state index contributed by atoms with van der Waals surface area (Å²) in [7, 11) is 0. The summed E-state index contributed by atoms with van der Waals surface area (Å²) in [6, 6.07) is 142. The van der Waals surface area contributed by atoms with Gasteiger partial charge < -0.3 is 0 Å². The molecule has 0 bridgehead atoms. The lowest BCUT2D eigenvalue weighted by Gasteiger charge is -2.10. The quantitative estimate of drug-likeness (QED) is 0.102. The molecule has 0 N–H and O–H groups in total. The van der Waals surface area contributed by atoms with E-state index < -0.39 is 0 Å². The Morgan fingerprint density at radius 3 is 0.682 bits per heavy atom. The third-order valence-electron chi connectivity index (χ3n) is 23.4. The molecule has 620 valence electrons. The maximum Gasteiger partial charge on any atom is 0.164 e. The minimum absolute atomic E-state index is 0.647. The van der Waals surface area contributed by atoms with Gasteiger partial charge in [-0.3, -0.25) is 0 Å². The van der Waals surface area contributed by atoms with E-state index in [1.165, 1.54) is 64.0 Å². The molecule has 0 aliphatic heterocycles. The first-order chi connectivity index (χ1) is 65.4. The second-order valence-corrected chi connectivity index (χ2v) is 37.9. The Balaban J connectivity index is 0.000000110. The molecule has 0 saturated heterocycles. The van der Waals surface area contributed by atoms with Crippen molar-refractivity contribution in [2.45, 2.75) is 0 Å². The van der Waals surface area contributed by atoms with Crippen LogP contribution >= 0.6 is 68.0 Å². The maximum atomic E-state index is 5.15. The van der Waals surface area contributed by atoms with Gasteiger partial charge in [-0.25, -0.2) is 59.8 Å². The summed E-state index contributed by atoms with van der Waals surface area (Å²) >= 11 is 10.6. The molecular formula is C114H68N12S6. The number of fused-ring (bicyclic) bond motifs is 12. The Kier molecular flexibility index (Phi) is 20.8. The number of hydrogen-bond donors (Lipinski definition) is 0. The zero-order valence-electron chi connectivity index (χ0n) is 70.1. The van der Waals surface area contributed by atoms with E-state index in [1.807, 2.05) is 152 Å². The average molecular weight is 1800 g/mol. The minimum Gasteiger partial charge on any atom is -0.236 e. The van der Waals surface area contributed by atoms with E-state index >= 15 is 0 Å². The molecule has 9 heterocycles. The van der Waals surface area contributed by atoms with Crippen molar-refractivity contribution in [1.29, 1.82) is 0 Å². The van der Waals surface area contributed by atoms with E-state index in [-0.39, 0.29) is 0 Å². The van der Waals surface area contributed by atoms with Gasteiger partial charge >= 0.3 is 0 Å². The minimum atomic E-state index is 0.647. The highest BCUT2D eigenvalue weighted by molar-refractivity contribution is 7.29. The monoisotopic (exact) mass is 1800 g/mol. The van der Waals surface area contributed by atoms with Crippen LogP contribution in [-0.2, 0) is 0 Å². The molecule has 0 aliphatic carbocycles. The Bertz CT molecular complexity index is 8690. The summed E-state index contributed by atoms with van der Waals surface area (Å²) < 4.78 is 10.8. The molecule has 12 nitrogen and oxygen atoms in total. The Hall–Kier alpha value is -15.9. The molecule has 0 saturated carbocycles. The normalized spacial score (nSPS) is 11.5. The van der Waals surface area contributed by atoms with Crippen LogP contribution in [0.25, 0.3) is 248 Å². The molecule has 17 aromatic carbocycles. The second kappa shape index (κ2) is 34.6. The van der Waals surface area contributed by atoms with Crippen LogP contribution in [0.3, 0.4) is 0 Å². The SMILES string of the molecule is c1ccc(-c2ccc(-c3nc(-c4ccccc4)nc(-c4cccc5sc6c(-c7nc8ccccc8s7)cccc6c45)n3)cc2)cc1.c1ccc(-c2cccc(-c3nc(-c4ccccc4)nc(-c4cccc5sc6c(-c7nc8ccccc8s7)cccc6c45)n3)c2)cc1.c1ccc(-c2nc(-c3ccccc3)nc(-c3cccc4sc5c(-c6nc7ccccc7s6)cccc5c34)n2)cc1. The van der Waals surface area contributed by atoms with E-state index in [9.17, 15) is 0 Å². The summed E-state index contributed by atoms with van der Waals surface area (Å²) in [5, 5.41) is 10.1. The zero-order chi connectivity index (χ0) is 87.4. The first-order valence-corrected chi connectivity index (χ1v) is 48.0. The van der Waals surface area contributed by atoms with Gasteiger partial charge in [0.05, 0.1) is 30.6 Å². The molecular weight excluding hydrogens is 1730 g/mol. The lowest BCUT2D eigenvalue weighted by Crippen LogP contribution is -2.00. The number of thiazole rings is 3. The van der Waals surface area contributed by atoms with E-state index in [1.54, 1.807) is 68.0 Å². The van der Waals surface area contributed by atoms with Crippen molar-refractivity contribution in [3.05, 3.63) is 413 Å². The van der Waals surface area contributed by atoms with Gasteiger partial charge in [0, 0.05) is 127 Å². The topological polar surface area (TPSA) is 155 Å². The third kappa shape index (κ3) is 15.3. The van der Waals surface area contributed by atoms with Gasteiger partial charge in [0.25, 0.3) is 0 Å². The molecule has 26 aromatic rings. The van der Waals surface area contributed by atoms with Gasteiger partial charge in [-0.15, -0.1) is 68.0 Å². The number of rotatable bonds is 14. The van der Waals surface area contributed by atoms with Crippen LogP contribution < -0.4 is 0 Å². The van der Waals surface area contributed by atoms with Crippen LogP contribution in [0.2, 0.25) is 0 Å². The Labute approximate surface area is 781 Å². The molecule has 0 amide bonds. The standard InChI is InChI=1S/2C40H24N4S2.C34H20N4S2/c1-3-12-25(13-4-1)27-16-9-17-28(24-27)38-42-37(26-14-5-2-6-15-26)43-39(44-38)30-19-11-23-34-35(30)29-18-10-20-31(36(29)45-34)40-41-32-21-7-8-22-33(32)46-40;1-3-11-25(12-4-1)26-21-23-28(24-22-26)38-42-37(27-13-5-2-6-14-27)43-39(44-38)30-16-10-20-34-35(30)29-15-9-17-31(36(29)45-34)40-41-32-18-7-8-19-33(32)46-40;1-3-11-21(12-4-1)31-36-32(22-13-5-2-6-14-22)38-33(37-31)24-16-10-20-28-29(24)23-15-9-17-25(30(23)39-28)34-35-26-18-7-8-19-27(26)40-34/h2*1-24H;1-20H. The lowest BCUT2D eigenvalue weighted by molar-refractivity contribution is 1.08. The van der Waals surface area contributed by atoms with Gasteiger partial charge in [0.2, 0.25) is 0 Å². The summed E-state index contributed by atoms with van der Waals surface area (Å²) in [5.41, 5.74) is 19.9. The second-order valence-electron chi connectivity index (χ2n) is 31.6. The molecule has 0 radical (unpaired) electrons. The predicted octanol–water partition coefficient (Wildman–Crippen LogP) is 31.9. The van der Waals surface area contributed by atoms with Crippen LogP contribution in [0.5, 0.6) is 0 Å². The van der Waals surface area contributed by atoms with Gasteiger partial charge in [-0.05, 0) is 82.9 Å². The highest BCUT2D eigenvalue weighted by Gasteiger charge is 2.26. The smallest absolute Gasteiger partial charge is 0.164 e. The van der Waals surface area contributed by atoms with E-state index in [4.69, 9.17) is 59.8 Å². The van der Waals surface area contributed by atoms with Gasteiger partial charge in [-0.2, -0.15) is 0 Å². The largest absolute Gasteiger partial charge is 0.236 e. The summed E-state index contributed by atoms with van der Waals surface area (Å²) in [4.78, 5) is 60.3. The summed E-state index contributed by atoms with van der Waals surface area (Å²) in [6.45, 7) is 0. The highest BCUT2D eigenvalue weighted by Crippen LogP contribution is 2.50. The summed E-state index contributed by atoms with van der Waals surface area (Å²) in [6.07, 6.45) is 0. The van der Waals surface area contributed by atoms with Crippen molar-refractivity contribution in [1.82, 2.24) is 59.8 Å². The summed E-state index contributed by atoms with van der Waals surface area (Å²) in [5.74, 6) is 5.91. The first-order valence-electron chi connectivity index (χ1n) is 43.1. The molecule has 0 atom stereocenters. The van der Waals surface area contributed by atoms with Crippen molar-refractivity contribution >= 4 is 159 Å². The Morgan fingerprint density at radius 1 is 0.136 bits per heavy atom.